The number of hydrogen-bond donors (Lipinski definition) is 1. The number of amides is 1. The normalized spacial score (nSPS) is 27.4. The summed E-state index contributed by atoms with van der Waals surface area (Å²) in [5.41, 5.74) is 0.309. The molecule has 0 unspecified atom stereocenters. The van der Waals surface area contributed by atoms with Crippen LogP contribution in [-0.2, 0) is 21.4 Å². The molecule has 0 aromatic heterocycles. The van der Waals surface area contributed by atoms with Gasteiger partial charge in [0.25, 0.3) is 0 Å². The van der Waals surface area contributed by atoms with Crippen LogP contribution in [0.2, 0.25) is 10.0 Å². The van der Waals surface area contributed by atoms with Gasteiger partial charge in [0, 0.05) is 38.5 Å². The number of hydrogen-bond acceptors (Lipinski definition) is 5. The SMILES string of the molecule is CC(=O)Oc1cccc([C@@]23CCN(CC4CC4)C[C@@]2(O)CC[C@H](N(C)C(=O)Cc2ccc(Cl)c(Cl)c2)C3)c1. The van der Waals surface area contributed by atoms with E-state index in [0.29, 0.717) is 35.2 Å². The molecule has 2 aromatic rings. The van der Waals surface area contributed by atoms with E-state index in [2.05, 4.69) is 4.90 Å². The molecular formula is C30H36Cl2N2O4. The van der Waals surface area contributed by atoms with Crippen LogP contribution in [0.25, 0.3) is 0 Å². The summed E-state index contributed by atoms with van der Waals surface area (Å²) in [6.45, 7) is 3.94. The van der Waals surface area contributed by atoms with Gasteiger partial charge in [-0.15, -0.1) is 0 Å². The van der Waals surface area contributed by atoms with E-state index in [1.54, 1.807) is 18.2 Å². The molecule has 204 valence electrons. The van der Waals surface area contributed by atoms with Gasteiger partial charge >= 0.3 is 5.97 Å². The lowest BCUT2D eigenvalue weighted by molar-refractivity contribution is -0.147. The molecule has 0 spiro atoms. The van der Waals surface area contributed by atoms with Gasteiger partial charge in [-0.25, -0.2) is 0 Å². The third kappa shape index (κ3) is 5.60. The molecular weight excluding hydrogens is 523 g/mol. The van der Waals surface area contributed by atoms with Gasteiger partial charge in [-0.2, -0.15) is 0 Å². The molecule has 8 heteroatoms. The molecule has 2 aromatic carbocycles. The van der Waals surface area contributed by atoms with Crippen molar-refractivity contribution in [2.24, 2.45) is 5.92 Å². The lowest BCUT2D eigenvalue weighted by Crippen LogP contribution is -2.67. The van der Waals surface area contributed by atoms with Crippen LogP contribution in [0.4, 0.5) is 0 Å². The molecule has 1 amide bonds. The third-order valence-corrected chi connectivity index (χ3v) is 9.59. The molecule has 1 saturated heterocycles. The predicted octanol–water partition coefficient (Wildman–Crippen LogP) is 5.26. The molecule has 3 fully saturated rings. The number of carbonyl (C=O) groups is 2. The Labute approximate surface area is 234 Å². The summed E-state index contributed by atoms with van der Waals surface area (Å²) >= 11 is 12.2. The second kappa shape index (κ2) is 10.8. The molecule has 2 saturated carbocycles. The van der Waals surface area contributed by atoms with Crippen LogP contribution in [0.15, 0.2) is 42.5 Å². The lowest BCUT2D eigenvalue weighted by atomic mass is 9.55. The number of piperidine rings is 1. The van der Waals surface area contributed by atoms with E-state index >= 15 is 0 Å². The van der Waals surface area contributed by atoms with Crippen molar-refractivity contribution in [2.45, 2.75) is 68.9 Å². The number of nitrogens with zero attached hydrogens (tertiary/aromatic N) is 2. The summed E-state index contributed by atoms with van der Waals surface area (Å²) in [4.78, 5) is 29.3. The Morgan fingerprint density at radius 1 is 1.11 bits per heavy atom. The zero-order valence-corrected chi connectivity index (χ0v) is 23.6. The molecule has 0 radical (unpaired) electrons. The van der Waals surface area contributed by atoms with Gasteiger partial charge in [0.1, 0.15) is 5.75 Å². The van der Waals surface area contributed by atoms with Gasteiger partial charge in [-0.1, -0.05) is 41.4 Å². The zero-order chi connectivity index (χ0) is 27.1. The van der Waals surface area contributed by atoms with Gasteiger partial charge < -0.3 is 19.6 Å². The van der Waals surface area contributed by atoms with Gasteiger partial charge in [0.15, 0.2) is 0 Å². The number of esters is 1. The number of aliphatic hydroxyl groups is 1. The van der Waals surface area contributed by atoms with Crippen LogP contribution < -0.4 is 4.74 Å². The highest BCUT2D eigenvalue weighted by Gasteiger charge is 2.58. The second-order valence-electron chi connectivity index (χ2n) is 11.5. The summed E-state index contributed by atoms with van der Waals surface area (Å²) in [5.74, 6) is 0.871. The minimum absolute atomic E-state index is 0.00816. The molecule has 3 atom stereocenters. The van der Waals surface area contributed by atoms with Crippen molar-refractivity contribution < 1.29 is 19.4 Å². The number of β-amino-alcohol motifs (C(OH)–C–C–N with tert-alkyl or cyclic N) is 1. The summed E-state index contributed by atoms with van der Waals surface area (Å²) in [7, 11) is 1.86. The summed E-state index contributed by atoms with van der Waals surface area (Å²) in [6.07, 6.45) is 5.54. The molecule has 2 aliphatic carbocycles. The largest absolute Gasteiger partial charge is 0.427 e. The Bertz CT molecular complexity index is 1220. The van der Waals surface area contributed by atoms with Gasteiger partial charge in [-0.3, -0.25) is 9.59 Å². The molecule has 1 N–H and O–H groups in total. The first kappa shape index (κ1) is 27.4. The zero-order valence-electron chi connectivity index (χ0n) is 22.1. The molecule has 6 nitrogen and oxygen atoms in total. The van der Waals surface area contributed by atoms with Crippen LogP contribution in [0.1, 0.15) is 56.6 Å². The standard InChI is InChI=1S/C30H36Cl2N2O4/c1-20(35)38-25-5-3-4-23(16-25)29-12-13-34(18-21-6-7-21)19-30(29,37)11-10-24(17-29)33(2)28(36)15-22-8-9-26(31)27(32)14-22/h3-5,8-9,14,16,21,24,37H,6-7,10-13,15,17-19H2,1-2H3/t24-,29-,30-/m0/s1. The van der Waals surface area contributed by atoms with Gasteiger partial charge in [-0.05, 0) is 86.4 Å². The average Bonchev–Trinajstić information content (AvgIpc) is 3.69. The third-order valence-electron chi connectivity index (χ3n) is 8.85. The van der Waals surface area contributed by atoms with Crippen molar-refractivity contribution in [1.29, 1.82) is 0 Å². The van der Waals surface area contributed by atoms with Crippen molar-refractivity contribution in [2.75, 3.05) is 26.7 Å². The maximum absolute atomic E-state index is 13.4. The minimum atomic E-state index is -0.931. The van der Waals surface area contributed by atoms with Crippen LogP contribution in [0, 0.1) is 5.92 Å². The van der Waals surface area contributed by atoms with Crippen molar-refractivity contribution in [1.82, 2.24) is 9.80 Å². The predicted molar refractivity (Wildman–Crippen MR) is 149 cm³/mol. The Balaban J connectivity index is 1.41. The Kier molecular flexibility index (Phi) is 7.80. The van der Waals surface area contributed by atoms with Crippen molar-refractivity contribution in [3.8, 4) is 5.75 Å². The highest BCUT2D eigenvalue weighted by Crippen LogP contribution is 2.53. The first-order valence-corrected chi connectivity index (χ1v) is 14.3. The minimum Gasteiger partial charge on any atom is -0.427 e. The quantitative estimate of drug-likeness (QED) is 0.371. The fourth-order valence-electron chi connectivity index (χ4n) is 6.56. The number of rotatable bonds is 7. The highest BCUT2D eigenvalue weighted by atomic mass is 35.5. The Hall–Kier alpha value is -2.12. The number of fused-ring (bicyclic) bond motifs is 1. The van der Waals surface area contributed by atoms with Crippen LogP contribution in [0.3, 0.4) is 0 Å². The van der Waals surface area contributed by atoms with E-state index in [0.717, 1.165) is 43.0 Å². The van der Waals surface area contributed by atoms with E-state index < -0.39 is 11.0 Å². The van der Waals surface area contributed by atoms with Crippen molar-refractivity contribution >= 4 is 35.1 Å². The summed E-state index contributed by atoms with van der Waals surface area (Å²) in [5, 5.41) is 13.2. The Morgan fingerprint density at radius 3 is 2.61 bits per heavy atom. The fraction of sp³-hybridized carbons (Fsp3) is 0.533. The first-order valence-electron chi connectivity index (χ1n) is 13.5. The van der Waals surface area contributed by atoms with Gasteiger partial charge in [0.05, 0.1) is 22.1 Å². The van der Waals surface area contributed by atoms with E-state index in [1.807, 2.05) is 36.2 Å². The number of halogens is 2. The van der Waals surface area contributed by atoms with E-state index in [1.165, 1.54) is 19.8 Å². The highest BCUT2D eigenvalue weighted by molar-refractivity contribution is 6.42. The van der Waals surface area contributed by atoms with Crippen LogP contribution in [0.5, 0.6) is 5.75 Å². The summed E-state index contributed by atoms with van der Waals surface area (Å²) in [6, 6.07) is 12.9. The lowest BCUT2D eigenvalue weighted by Gasteiger charge is -2.59. The van der Waals surface area contributed by atoms with E-state index in [4.69, 9.17) is 27.9 Å². The van der Waals surface area contributed by atoms with Crippen molar-refractivity contribution in [3.05, 3.63) is 63.6 Å². The number of benzene rings is 2. The Morgan fingerprint density at radius 2 is 1.89 bits per heavy atom. The smallest absolute Gasteiger partial charge is 0.308 e. The van der Waals surface area contributed by atoms with E-state index in [-0.39, 0.29) is 24.3 Å². The topological polar surface area (TPSA) is 70.1 Å². The fourth-order valence-corrected chi connectivity index (χ4v) is 6.88. The monoisotopic (exact) mass is 558 g/mol. The van der Waals surface area contributed by atoms with Crippen molar-refractivity contribution in [3.63, 3.8) is 0 Å². The van der Waals surface area contributed by atoms with Gasteiger partial charge in [0.2, 0.25) is 5.91 Å². The molecule has 38 heavy (non-hydrogen) atoms. The van der Waals surface area contributed by atoms with E-state index in [9.17, 15) is 14.7 Å². The number of likely N-dealkylation sites (tertiary alicyclic amines) is 1. The number of likely N-dealkylation sites (N-methyl/N-ethyl adjacent to an activating group) is 1. The maximum Gasteiger partial charge on any atom is 0.308 e. The summed E-state index contributed by atoms with van der Waals surface area (Å²) < 4.78 is 5.42. The number of carbonyl (C=O) groups excluding carboxylic acids is 2. The molecule has 0 bridgehead atoms. The maximum atomic E-state index is 13.4. The molecule has 5 rings (SSSR count). The second-order valence-corrected chi connectivity index (χ2v) is 12.3. The number of ether oxygens (including phenoxy) is 1. The molecule has 1 aliphatic heterocycles. The molecule has 3 aliphatic rings. The van der Waals surface area contributed by atoms with Crippen LogP contribution >= 0.6 is 23.2 Å². The van der Waals surface area contributed by atoms with Crippen LogP contribution in [-0.4, -0.2) is 65.1 Å². The molecule has 1 heterocycles. The first-order chi connectivity index (χ1) is 18.1. The average molecular weight is 560 g/mol.